The van der Waals surface area contributed by atoms with E-state index >= 15 is 0 Å². The molecule has 52 valence electrons. The fraction of sp³-hybridized carbons (Fsp3) is 0.600. The number of nitrogens with zero attached hydrogens (tertiary/aromatic N) is 1. The van der Waals surface area contributed by atoms with Crippen molar-refractivity contribution in [3.05, 3.63) is 21.9 Å². The summed E-state index contributed by atoms with van der Waals surface area (Å²) in [6, 6.07) is 0. The van der Waals surface area contributed by atoms with Crippen LogP contribution in [0.25, 0.3) is 0 Å². The number of hydrogen-bond acceptors (Lipinski definition) is 3. The molecular formula is C5H10N2O2. The number of nitro groups is 1. The molecule has 0 atom stereocenters. The average Bonchev–Trinajstić information content (AvgIpc) is 1.82. The fourth-order valence-electron chi connectivity index (χ4n) is 0.484. The summed E-state index contributed by atoms with van der Waals surface area (Å²) in [7, 11) is 0. The lowest BCUT2D eigenvalue weighted by Gasteiger charge is -1.89. The second-order valence-electron chi connectivity index (χ2n) is 1.54. The highest BCUT2D eigenvalue weighted by atomic mass is 16.6. The van der Waals surface area contributed by atoms with E-state index in [4.69, 9.17) is 5.73 Å². The minimum absolute atomic E-state index is 0.192. The highest BCUT2D eigenvalue weighted by molar-refractivity contribution is 4.90. The van der Waals surface area contributed by atoms with E-state index in [2.05, 4.69) is 0 Å². The van der Waals surface area contributed by atoms with Crippen molar-refractivity contribution in [1.82, 2.24) is 0 Å². The smallest absolute Gasteiger partial charge is 0.243 e. The predicted octanol–water partition coefficient (Wildman–Crippen LogP) is 0.516. The first-order chi connectivity index (χ1) is 4.22. The van der Waals surface area contributed by atoms with Crippen molar-refractivity contribution in [2.24, 2.45) is 5.73 Å². The Bertz CT molecular complexity index is 131. The summed E-state index contributed by atoms with van der Waals surface area (Å²) < 4.78 is 0. The molecule has 2 N–H and O–H groups in total. The average molecular weight is 130 g/mol. The molecule has 0 heterocycles. The zero-order chi connectivity index (χ0) is 7.28. The van der Waals surface area contributed by atoms with Gasteiger partial charge in [-0.15, -0.1) is 0 Å². The SMILES string of the molecule is CC/C(=C\CN)[N+](=O)[O-]. The number of allylic oxidation sites excluding steroid dienone is 1. The monoisotopic (exact) mass is 130 g/mol. The first-order valence-electron chi connectivity index (χ1n) is 2.75. The Morgan fingerprint density at radius 2 is 2.44 bits per heavy atom. The molecule has 0 aromatic carbocycles. The van der Waals surface area contributed by atoms with Gasteiger partial charge in [0.2, 0.25) is 5.70 Å². The molecule has 0 spiro atoms. The van der Waals surface area contributed by atoms with E-state index in [9.17, 15) is 10.1 Å². The van der Waals surface area contributed by atoms with Crippen LogP contribution in [0.4, 0.5) is 0 Å². The van der Waals surface area contributed by atoms with E-state index in [0.29, 0.717) is 6.42 Å². The summed E-state index contributed by atoms with van der Waals surface area (Å²) in [5.41, 5.74) is 5.25. The largest absolute Gasteiger partial charge is 0.327 e. The Morgan fingerprint density at radius 3 is 2.56 bits per heavy atom. The van der Waals surface area contributed by atoms with Gasteiger partial charge in [0.15, 0.2) is 0 Å². The summed E-state index contributed by atoms with van der Waals surface area (Å²) >= 11 is 0. The minimum Gasteiger partial charge on any atom is -0.327 e. The molecular weight excluding hydrogens is 120 g/mol. The third-order valence-corrected chi connectivity index (χ3v) is 0.950. The van der Waals surface area contributed by atoms with Crippen molar-refractivity contribution in [2.45, 2.75) is 13.3 Å². The Morgan fingerprint density at radius 1 is 1.89 bits per heavy atom. The van der Waals surface area contributed by atoms with Crippen LogP contribution in [-0.2, 0) is 0 Å². The Kier molecular flexibility index (Phi) is 3.62. The first-order valence-corrected chi connectivity index (χ1v) is 2.75. The standard InChI is InChI=1S/C5H10N2O2/c1-2-5(3-4-6)7(8)9/h3H,2,4,6H2,1H3/b5-3+. The van der Waals surface area contributed by atoms with Crippen molar-refractivity contribution < 1.29 is 4.92 Å². The summed E-state index contributed by atoms with van der Waals surface area (Å²) in [5.74, 6) is 0. The second kappa shape index (κ2) is 4.03. The van der Waals surface area contributed by atoms with E-state index in [0.717, 1.165) is 0 Å². The Labute approximate surface area is 53.5 Å². The van der Waals surface area contributed by atoms with Gasteiger partial charge in [-0.05, 0) is 0 Å². The molecule has 0 aromatic rings. The molecule has 0 aliphatic heterocycles. The summed E-state index contributed by atoms with van der Waals surface area (Å²) in [5, 5.41) is 10.0. The van der Waals surface area contributed by atoms with Crippen LogP contribution in [-0.4, -0.2) is 11.5 Å². The van der Waals surface area contributed by atoms with Gasteiger partial charge in [0.05, 0.1) is 4.92 Å². The molecule has 9 heavy (non-hydrogen) atoms. The van der Waals surface area contributed by atoms with Crippen LogP contribution in [0.2, 0.25) is 0 Å². The zero-order valence-electron chi connectivity index (χ0n) is 5.33. The second-order valence-corrected chi connectivity index (χ2v) is 1.54. The normalized spacial score (nSPS) is 11.6. The highest BCUT2D eigenvalue weighted by Crippen LogP contribution is 1.98. The maximum Gasteiger partial charge on any atom is 0.243 e. The van der Waals surface area contributed by atoms with Gasteiger partial charge in [0, 0.05) is 19.0 Å². The van der Waals surface area contributed by atoms with Crippen molar-refractivity contribution in [2.75, 3.05) is 6.54 Å². The van der Waals surface area contributed by atoms with Crippen LogP contribution in [0.3, 0.4) is 0 Å². The Balaban J connectivity index is 3.98. The summed E-state index contributed by atoms with van der Waals surface area (Å²) in [6.07, 6.45) is 1.85. The van der Waals surface area contributed by atoms with Gasteiger partial charge in [-0.2, -0.15) is 0 Å². The van der Waals surface area contributed by atoms with Gasteiger partial charge in [-0.25, -0.2) is 0 Å². The number of nitrogens with two attached hydrogens (primary N) is 1. The van der Waals surface area contributed by atoms with Gasteiger partial charge in [-0.3, -0.25) is 10.1 Å². The van der Waals surface area contributed by atoms with Gasteiger partial charge in [-0.1, -0.05) is 6.92 Å². The molecule has 4 heteroatoms. The maximum atomic E-state index is 10.0. The predicted molar refractivity (Wildman–Crippen MR) is 34.4 cm³/mol. The molecule has 0 fully saturated rings. The van der Waals surface area contributed by atoms with E-state index < -0.39 is 4.92 Å². The first kappa shape index (κ1) is 8.10. The summed E-state index contributed by atoms with van der Waals surface area (Å²) in [6.45, 7) is 1.97. The van der Waals surface area contributed by atoms with Gasteiger partial charge < -0.3 is 5.73 Å². The topological polar surface area (TPSA) is 69.2 Å². The fourth-order valence-corrected chi connectivity index (χ4v) is 0.484. The van der Waals surface area contributed by atoms with Crippen LogP contribution in [0, 0.1) is 10.1 Å². The number of rotatable bonds is 3. The lowest BCUT2D eigenvalue weighted by molar-refractivity contribution is -0.427. The van der Waals surface area contributed by atoms with Crippen molar-refractivity contribution >= 4 is 0 Å². The lowest BCUT2D eigenvalue weighted by Crippen LogP contribution is -2.02. The van der Waals surface area contributed by atoms with E-state index in [1.165, 1.54) is 6.08 Å². The van der Waals surface area contributed by atoms with Gasteiger partial charge in [0.25, 0.3) is 0 Å². The third-order valence-electron chi connectivity index (χ3n) is 0.950. The van der Waals surface area contributed by atoms with Crippen LogP contribution >= 0.6 is 0 Å². The van der Waals surface area contributed by atoms with E-state index in [1.54, 1.807) is 6.92 Å². The van der Waals surface area contributed by atoms with Gasteiger partial charge >= 0.3 is 0 Å². The molecule has 0 saturated carbocycles. The lowest BCUT2D eigenvalue weighted by atomic mass is 10.3. The van der Waals surface area contributed by atoms with Crippen molar-refractivity contribution in [1.29, 1.82) is 0 Å². The summed E-state index contributed by atoms with van der Waals surface area (Å²) in [4.78, 5) is 9.59. The van der Waals surface area contributed by atoms with E-state index in [-0.39, 0.29) is 12.2 Å². The van der Waals surface area contributed by atoms with Crippen LogP contribution < -0.4 is 5.73 Å². The maximum absolute atomic E-state index is 10.0. The molecule has 0 amide bonds. The quantitative estimate of drug-likeness (QED) is 0.447. The molecule has 0 rings (SSSR count). The van der Waals surface area contributed by atoms with E-state index in [1.807, 2.05) is 0 Å². The number of hydrogen-bond donors (Lipinski definition) is 1. The minimum atomic E-state index is -0.410. The van der Waals surface area contributed by atoms with Crippen molar-refractivity contribution in [3.63, 3.8) is 0 Å². The molecule has 0 radical (unpaired) electrons. The molecule has 0 aromatic heterocycles. The zero-order valence-corrected chi connectivity index (χ0v) is 5.33. The molecule has 0 bridgehead atoms. The van der Waals surface area contributed by atoms with Crippen LogP contribution in [0.5, 0.6) is 0 Å². The highest BCUT2D eigenvalue weighted by Gasteiger charge is 2.03. The molecule has 0 saturated heterocycles. The molecule has 0 aliphatic rings. The van der Waals surface area contributed by atoms with Crippen molar-refractivity contribution in [3.8, 4) is 0 Å². The van der Waals surface area contributed by atoms with Crippen LogP contribution in [0.1, 0.15) is 13.3 Å². The third kappa shape index (κ3) is 2.81. The molecule has 0 aliphatic carbocycles. The molecule has 4 nitrogen and oxygen atoms in total. The Hall–Kier alpha value is -0.900. The van der Waals surface area contributed by atoms with Gasteiger partial charge in [0.1, 0.15) is 0 Å². The van der Waals surface area contributed by atoms with Crippen LogP contribution in [0.15, 0.2) is 11.8 Å². The molecule has 0 unspecified atom stereocenters.